The Hall–Kier alpha value is -4.25. The Morgan fingerprint density at radius 3 is 2.04 bits per heavy atom. The van der Waals surface area contributed by atoms with E-state index in [-0.39, 0.29) is 48.3 Å². The first kappa shape index (κ1) is 35.6. The molecule has 4 nitrogen and oxygen atoms in total. The molecule has 2 heterocycles. The molecule has 0 atom stereocenters. The third-order valence-corrected chi connectivity index (χ3v) is 8.00. The van der Waals surface area contributed by atoms with Crippen LogP contribution in [0.5, 0.6) is 0 Å². The van der Waals surface area contributed by atoms with Crippen LogP contribution in [0.3, 0.4) is 0 Å². The van der Waals surface area contributed by atoms with Gasteiger partial charge in [-0.2, -0.15) is 0 Å². The van der Waals surface area contributed by atoms with E-state index in [0.29, 0.717) is 10.9 Å². The number of pyridine rings is 2. The summed E-state index contributed by atoms with van der Waals surface area (Å²) in [6.45, 7) is 15.6. The van der Waals surface area contributed by atoms with E-state index in [4.69, 9.17) is 4.98 Å². The number of ketones is 1. The topological polar surface area (TPSA) is 67.4 Å². The molecule has 0 saturated heterocycles. The van der Waals surface area contributed by atoms with Gasteiger partial charge in [0.05, 0.1) is 17.0 Å². The number of aromatic nitrogens is 2. The van der Waals surface area contributed by atoms with Crippen molar-refractivity contribution >= 4 is 38.2 Å². The van der Waals surface area contributed by atoms with Crippen molar-refractivity contribution in [3.05, 3.63) is 120 Å². The summed E-state index contributed by atoms with van der Waals surface area (Å²) >= 11 is 0. The Balaban J connectivity index is 0.000000307. The monoisotopic (exact) mass is 805 g/mol. The van der Waals surface area contributed by atoms with Gasteiger partial charge in [-0.1, -0.05) is 65.0 Å². The first-order valence-corrected chi connectivity index (χ1v) is 15.5. The summed E-state index contributed by atoms with van der Waals surface area (Å²) in [4.78, 5) is 18.6. The Kier molecular flexibility index (Phi) is 10.5. The minimum Gasteiger partial charge on any atom is -0.511 e. The van der Waals surface area contributed by atoms with Crippen molar-refractivity contribution in [2.24, 2.45) is 10.8 Å². The second-order valence-corrected chi connectivity index (χ2v) is 14.0. The van der Waals surface area contributed by atoms with Crippen LogP contribution in [-0.4, -0.2) is 25.7 Å². The fourth-order valence-corrected chi connectivity index (χ4v) is 5.27. The fraction of sp³-hybridized carbons (Fsp3) is 0.244. The van der Waals surface area contributed by atoms with E-state index in [0.717, 1.165) is 38.7 Å². The van der Waals surface area contributed by atoms with Crippen LogP contribution < -0.4 is 0 Å². The van der Waals surface area contributed by atoms with E-state index < -0.39 is 0 Å². The molecule has 0 aliphatic rings. The predicted molar refractivity (Wildman–Crippen MR) is 190 cm³/mol. The molecule has 0 spiro atoms. The molecule has 0 unspecified atom stereocenters. The van der Waals surface area contributed by atoms with E-state index in [1.807, 2.05) is 59.9 Å². The van der Waals surface area contributed by atoms with E-state index in [2.05, 4.69) is 73.4 Å². The Bertz CT molecular complexity index is 2120. The van der Waals surface area contributed by atoms with Gasteiger partial charge < -0.3 is 10.1 Å². The first-order valence-electron chi connectivity index (χ1n) is 15.5. The van der Waals surface area contributed by atoms with Crippen LogP contribution in [0.25, 0.3) is 54.8 Å². The third kappa shape index (κ3) is 8.01. The molecule has 0 aliphatic heterocycles. The Morgan fingerprint density at radius 2 is 1.38 bits per heavy atom. The second-order valence-electron chi connectivity index (χ2n) is 14.0. The van der Waals surface area contributed by atoms with Crippen molar-refractivity contribution in [3.8, 4) is 22.4 Å². The van der Waals surface area contributed by atoms with Gasteiger partial charge in [0.2, 0.25) is 0 Å². The van der Waals surface area contributed by atoms with Crippen LogP contribution in [0, 0.1) is 36.6 Å². The maximum absolute atomic E-state index is 14.0. The quantitative estimate of drug-likeness (QED) is 0.0637. The molecular weight excluding hydrogens is 764 g/mol. The molecular formula is C41H41FIrN2O2. The van der Waals surface area contributed by atoms with Crippen LogP contribution in [0.2, 0.25) is 0 Å². The minimum absolute atomic E-state index is 0. The molecule has 0 fully saturated rings. The summed E-state index contributed by atoms with van der Waals surface area (Å²) in [7, 11) is 0. The first-order chi connectivity index (χ1) is 21.6. The van der Waals surface area contributed by atoms with Gasteiger partial charge in [-0.05, 0) is 89.5 Å². The maximum atomic E-state index is 14.0. The fourth-order valence-electron chi connectivity index (χ4n) is 5.27. The molecule has 0 amide bonds. The Morgan fingerprint density at radius 1 is 0.745 bits per heavy atom. The molecule has 2 aromatic heterocycles. The van der Waals surface area contributed by atoms with E-state index >= 15 is 0 Å². The van der Waals surface area contributed by atoms with Crippen LogP contribution in [-0.2, 0) is 20.1 Å². The summed E-state index contributed by atoms with van der Waals surface area (Å²) in [5, 5.41) is 14.7. The molecule has 47 heavy (non-hydrogen) atoms. The standard InChI is InChI=1S/C30H20FN2.C11H20O2.Ir/c1-18-13-19(2)15-23(14-18)30-26-7-5-22-16-20(3-6-24(22)25(26)9-11-33-30)21-4-8-27-28(31)10-12-32-29(27)17-21;1-10(2,3)8(12)7-9(13)11(4,5)6;/h3-14,16-17H,1-2H3;7,12H,1-6H3;/q-1;;/p+1/b;8-7-;. The van der Waals surface area contributed by atoms with E-state index in [1.54, 1.807) is 6.07 Å². The number of carbonyl (C=O) groups excluding carboxylic acids is 1. The number of benzene rings is 4. The molecule has 0 bridgehead atoms. The van der Waals surface area contributed by atoms with Crippen LogP contribution >= 0.6 is 0 Å². The summed E-state index contributed by atoms with van der Waals surface area (Å²) in [5.41, 5.74) is 6.42. The summed E-state index contributed by atoms with van der Waals surface area (Å²) in [5.74, 6) is 0.168. The largest absolute Gasteiger partial charge is 0.511 e. The van der Waals surface area contributed by atoms with Crippen molar-refractivity contribution in [2.75, 3.05) is 0 Å². The molecule has 243 valence electrons. The van der Waals surface area contributed by atoms with Gasteiger partial charge in [-0.15, -0.1) is 34.9 Å². The number of hydrogen-bond donors (Lipinski definition) is 1. The smallest absolute Gasteiger partial charge is 0.325 e. The second kappa shape index (κ2) is 13.8. The van der Waals surface area contributed by atoms with Gasteiger partial charge in [0.15, 0.2) is 0 Å². The van der Waals surface area contributed by atoms with E-state index in [1.165, 1.54) is 34.7 Å². The predicted octanol–water partition coefficient (Wildman–Crippen LogP) is 10.9. The number of rotatable bonds is 3. The molecule has 6 rings (SSSR count). The van der Waals surface area contributed by atoms with Crippen molar-refractivity contribution in [1.29, 1.82) is 0 Å². The molecule has 0 saturated carbocycles. The van der Waals surface area contributed by atoms with Gasteiger partial charge in [0.25, 0.3) is 0 Å². The maximum Gasteiger partial charge on any atom is 0.325 e. The number of nitrogens with zero attached hydrogens (tertiary/aromatic N) is 2. The van der Waals surface area contributed by atoms with Gasteiger partial charge in [-0.25, -0.2) is 4.39 Å². The zero-order valence-electron chi connectivity index (χ0n) is 28.2. The van der Waals surface area contributed by atoms with Gasteiger partial charge in [0.1, 0.15) is 11.6 Å². The van der Waals surface area contributed by atoms with Gasteiger partial charge >= 0.3 is 5.78 Å². The van der Waals surface area contributed by atoms with Crippen LogP contribution in [0.1, 0.15) is 52.7 Å². The number of fused-ring (bicyclic) bond motifs is 4. The number of aryl methyl sites for hydroxylation is 2. The Labute approximate surface area is 290 Å². The van der Waals surface area contributed by atoms with Gasteiger partial charge in [0, 0.05) is 43.3 Å². The molecule has 0 aliphatic carbocycles. The molecule has 1 radical (unpaired) electrons. The summed E-state index contributed by atoms with van der Waals surface area (Å²) < 4.78 is 14.0. The minimum atomic E-state index is -0.306. The molecule has 4 aromatic carbocycles. The number of halogens is 1. The zero-order chi connectivity index (χ0) is 33.4. The van der Waals surface area contributed by atoms with Crippen LogP contribution in [0.4, 0.5) is 4.39 Å². The number of hydrogen-bond acceptors (Lipinski definition) is 3. The van der Waals surface area contributed by atoms with Crippen LogP contribution in [0.15, 0.2) is 97.0 Å². The number of aliphatic hydroxyl groups is 1. The summed E-state index contributed by atoms with van der Waals surface area (Å²) in [6, 6.07) is 27.6. The zero-order valence-corrected chi connectivity index (χ0v) is 30.6. The molecule has 2 N–H and O–H groups in total. The average Bonchev–Trinajstić information content (AvgIpc) is 2.99. The van der Waals surface area contributed by atoms with Crippen molar-refractivity contribution < 1.29 is 34.4 Å². The SMILES string of the molecule is CC(C)(C)C(=[OH+])/C=C(\O)C(C)(C)C.Cc1[c-]c(-c2nccc3c2ccc2cc(-c4ccc5c(F)ccnc5c4)ccc23)cc(C)c1.[Ir]. The third-order valence-electron chi connectivity index (χ3n) is 8.00. The average molecular weight is 805 g/mol. The summed E-state index contributed by atoms with van der Waals surface area (Å²) in [6.07, 6.45) is 4.83. The van der Waals surface area contributed by atoms with E-state index in [9.17, 15) is 14.3 Å². The number of aliphatic hydroxyl groups excluding tert-OH is 1. The number of allylic oxidation sites excluding steroid dienone is 2. The van der Waals surface area contributed by atoms with Crippen molar-refractivity contribution in [2.45, 2.75) is 55.4 Å². The van der Waals surface area contributed by atoms with Crippen molar-refractivity contribution in [3.63, 3.8) is 0 Å². The molecule has 6 aromatic rings. The van der Waals surface area contributed by atoms with Gasteiger partial charge in [-0.3, -0.25) is 9.78 Å². The molecule has 6 heteroatoms. The normalized spacial score (nSPS) is 12.1. The van der Waals surface area contributed by atoms with Crippen molar-refractivity contribution in [1.82, 2.24) is 9.97 Å².